The van der Waals surface area contributed by atoms with Gasteiger partial charge >= 0.3 is 0 Å². The summed E-state index contributed by atoms with van der Waals surface area (Å²) in [5.41, 5.74) is 14.8. The second-order valence-electron chi connectivity index (χ2n) is 15.6. The fraction of sp³-hybridized carbons (Fsp3) is 0. The maximum atomic E-state index is 6.72. The van der Waals surface area contributed by atoms with Crippen LogP contribution in [0.2, 0.25) is 0 Å². The van der Waals surface area contributed by atoms with E-state index in [1.807, 2.05) is 66.7 Å². The van der Waals surface area contributed by atoms with Gasteiger partial charge in [0.25, 0.3) is 0 Å². The quantitative estimate of drug-likeness (QED) is 0.161. The average Bonchev–Trinajstić information content (AvgIpc) is 3.93. The Bertz CT molecular complexity index is 3550. The summed E-state index contributed by atoms with van der Waals surface area (Å²) in [5.74, 6) is 1.81. The molecular weight excluding hydrogens is 759 g/mol. The molecule has 0 aliphatic rings. The number of hydrogen-bond donors (Lipinski definition) is 0. The van der Waals surface area contributed by atoms with Crippen molar-refractivity contribution >= 4 is 43.9 Å². The first-order valence-electron chi connectivity index (χ1n) is 20.7. The highest BCUT2D eigenvalue weighted by molar-refractivity contribution is 6.17. The van der Waals surface area contributed by atoms with Crippen molar-refractivity contribution in [3.63, 3.8) is 0 Å². The van der Waals surface area contributed by atoms with Crippen molar-refractivity contribution in [1.82, 2.24) is 15.0 Å². The van der Waals surface area contributed by atoms with Gasteiger partial charge in [-0.05, 0) is 87.5 Å². The van der Waals surface area contributed by atoms with E-state index in [0.29, 0.717) is 17.5 Å². The van der Waals surface area contributed by atoms with Gasteiger partial charge in [-0.3, -0.25) is 0 Å². The van der Waals surface area contributed by atoms with Crippen molar-refractivity contribution in [2.45, 2.75) is 0 Å². The van der Waals surface area contributed by atoms with Crippen LogP contribution in [0.25, 0.3) is 123 Å². The molecular formula is C57H35N3O2. The molecule has 0 aliphatic heterocycles. The smallest absolute Gasteiger partial charge is 0.164 e. The number of nitrogens with zero attached hydrogens (tertiary/aromatic N) is 3. The zero-order valence-corrected chi connectivity index (χ0v) is 33.4. The second kappa shape index (κ2) is 14.7. The molecule has 0 unspecified atom stereocenters. The Kier molecular flexibility index (Phi) is 8.42. The Hall–Kier alpha value is -8.41. The maximum Gasteiger partial charge on any atom is 0.164 e. The molecule has 0 radical (unpaired) electrons. The van der Waals surface area contributed by atoms with Crippen LogP contribution in [0.5, 0.6) is 0 Å². The molecule has 0 spiro atoms. The molecule has 0 atom stereocenters. The van der Waals surface area contributed by atoms with Crippen molar-refractivity contribution in [3.8, 4) is 78.7 Å². The van der Waals surface area contributed by atoms with Crippen LogP contribution in [0.4, 0.5) is 0 Å². The summed E-state index contributed by atoms with van der Waals surface area (Å²) in [4.78, 5) is 15.4. The Morgan fingerprint density at radius 2 is 0.710 bits per heavy atom. The van der Waals surface area contributed by atoms with Crippen molar-refractivity contribution in [2.75, 3.05) is 0 Å². The summed E-state index contributed by atoms with van der Waals surface area (Å²) >= 11 is 0. The van der Waals surface area contributed by atoms with Crippen LogP contribution in [0.1, 0.15) is 0 Å². The molecule has 0 saturated carbocycles. The Labute approximate surface area is 357 Å². The first-order valence-corrected chi connectivity index (χ1v) is 20.7. The molecule has 5 nitrogen and oxygen atoms in total. The Morgan fingerprint density at radius 1 is 0.258 bits per heavy atom. The molecule has 290 valence electrons. The lowest BCUT2D eigenvalue weighted by molar-refractivity contribution is 0.669. The molecule has 5 heteroatoms. The highest BCUT2D eigenvalue weighted by Gasteiger charge is 2.20. The molecule has 0 saturated heterocycles. The predicted molar refractivity (Wildman–Crippen MR) is 252 cm³/mol. The number of hydrogen-bond acceptors (Lipinski definition) is 5. The first kappa shape index (κ1) is 35.5. The first-order chi connectivity index (χ1) is 30.7. The van der Waals surface area contributed by atoms with Crippen LogP contribution in [0.3, 0.4) is 0 Å². The normalized spacial score (nSPS) is 11.5. The third-order valence-electron chi connectivity index (χ3n) is 11.7. The summed E-state index contributed by atoms with van der Waals surface area (Å²) in [7, 11) is 0. The SMILES string of the molecule is c1ccc(-c2cc(-c3ccccc3)cc(-c3nc(-c4ccccc4)nc(-c4ccc(-c5ccc(-c6ccc7oc8ccccc8c7c6)c6c5oc5ccccc56)cc4)n3)c2)cc1. The zero-order chi connectivity index (χ0) is 41.0. The van der Waals surface area contributed by atoms with Crippen LogP contribution in [-0.4, -0.2) is 15.0 Å². The van der Waals surface area contributed by atoms with E-state index in [1.165, 1.54) is 0 Å². The average molecular weight is 794 g/mol. The molecule has 3 heterocycles. The monoisotopic (exact) mass is 793 g/mol. The van der Waals surface area contributed by atoms with Crippen LogP contribution < -0.4 is 0 Å². The molecule has 3 aromatic heterocycles. The zero-order valence-electron chi connectivity index (χ0n) is 33.4. The number of fused-ring (bicyclic) bond motifs is 6. The van der Waals surface area contributed by atoms with E-state index >= 15 is 0 Å². The summed E-state index contributed by atoms with van der Waals surface area (Å²) in [5, 5.41) is 4.35. The number of rotatable bonds is 7. The van der Waals surface area contributed by atoms with Crippen LogP contribution in [0.15, 0.2) is 221 Å². The molecule has 0 fully saturated rings. The van der Waals surface area contributed by atoms with Gasteiger partial charge in [0.2, 0.25) is 0 Å². The minimum Gasteiger partial charge on any atom is -0.456 e. The van der Waals surface area contributed by atoms with Crippen molar-refractivity contribution in [1.29, 1.82) is 0 Å². The van der Waals surface area contributed by atoms with Gasteiger partial charge in [-0.1, -0.05) is 164 Å². The van der Waals surface area contributed by atoms with Gasteiger partial charge in [0.15, 0.2) is 17.5 Å². The van der Waals surface area contributed by atoms with E-state index in [2.05, 4.69) is 146 Å². The standard InChI is InChI=1S/C57H35N3O2/c1-4-14-36(15-5-1)42-32-43(37-16-6-2-7-17-37)34-44(33-42)57-59-55(39-18-8-3-9-19-39)58-56(60-57)40-26-24-38(25-27-40)46-30-29-45(53-48-21-11-13-23-51(48)62-54(46)53)41-28-31-52-49(35-41)47-20-10-12-22-50(47)61-52/h1-35H. The summed E-state index contributed by atoms with van der Waals surface area (Å²) in [6.45, 7) is 0. The highest BCUT2D eigenvalue weighted by atomic mass is 16.3. The molecule has 0 amide bonds. The number of para-hydroxylation sites is 2. The van der Waals surface area contributed by atoms with Gasteiger partial charge < -0.3 is 8.83 Å². The van der Waals surface area contributed by atoms with Crippen molar-refractivity contribution < 1.29 is 8.83 Å². The molecule has 0 N–H and O–H groups in total. The number of furan rings is 2. The van der Waals surface area contributed by atoms with E-state index in [4.69, 9.17) is 23.8 Å². The molecule has 62 heavy (non-hydrogen) atoms. The van der Waals surface area contributed by atoms with Crippen LogP contribution in [-0.2, 0) is 0 Å². The summed E-state index contributed by atoms with van der Waals surface area (Å²) in [6.07, 6.45) is 0. The third kappa shape index (κ3) is 6.23. The third-order valence-corrected chi connectivity index (χ3v) is 11.7. The van der Waals surface area contributed by atoms with Gasteiger partial charge in [-0.2, -0.15) is 0 Å². The van der Waals surface area contributed by atoms with Crippen LogP contribution in [0, 0.1) is 0 Å². The lowest BCUT2D eigenvalue weighted by Gasteiger charge is -2.13. The second-order valence-corrected chi connectivity index (χ2v) is 15.6. The van der Waals surface area contributed by atoms with Gasteiger partial charge in [0, 0.05) is 43.8 Å². The van der Waals surface area contributed by atoms with Gasteiger partial charge in [-0.15, -0.1) is 0 Å². The molecule has 12 rings (SSSR count). The van der Waals surface area contributed by atoms with E-state index in [1.54, 1.807) is 0 Å². The summed E-state index contributed by atoms with van der Waals surface area (Å²) in [6, 6.07) is 73.4. The molecule has 9 aromatic carbocycles. The lowest BCUT2D eigenvalue weighted by Crippen LogP contribution is -2.00. The van der Waals surface area contributed by atoms with Crippen molar-refractivity contribution in [2.24, 2.45) is 0 Å². The van der Waals surface area contributed by atoms with E-state index in [9.17, 15) is 0 Å². The minimum atomic E-state index is 0.596. The number of benzene rings is 9. The summed E-state index contributed by atoms with van der Waals surface area (Å²) < 4.78 is 12.9. The van der Waals surface area contributed by atoms with Crippen LogP contribution >= 0.6 is 0 Å². The van der Waals surface area contributed by atoms with Gasteiger partial charge in [0.1, 0.15) is 22.3 Å². The molecule has 0 aliphatic carbocycles. The fourth-order valence-electron chi connectivity index (χ4n) is 8.69. The molecule has 12 aromatic rings. The highest BCUT2D eigenvalue weighted by Crippen LogP contribution is 2.43. The van der Waals surface area contributed by atoms with Crippen molar-refractivity contribution in [3.05, 3.63) is 212 Å². The maximum absolute atomic E-state index is 6.72. The van der Waals surface area contributed by atoms with E-state index < -0.39 is 0 Å². The molecule has 0 bridgehead atoms. The van der Waals surface area contributed by atoms with Gasteiger partial charge in [-0.25, -0.2) is 15.0 Å². The number of aromatic nitrogens is 3. The topological polar surface area (TPSA) is 65.0 Å². The van der Waals surface area contributed by atoms with Gasteiger partial charge in [0.05, 0.1) is 0 Å². The largest absolute Gasteiger partial charge is 0.456 e. The minimum absolute atomic E-state index is 0.596. The van der Waals surface area contributed by atoms with E-state index in [-0.39, 0.29) is 0 Å². The predicted octanol–water partition coefficient (Wildman–Crippen LogP) is 15.3. The lowest BCUT2D eigenvalue weighted by atomic mass is 9.93. The van der Waals surface area contributed by atoms with E-state index in [0.717, 1.165) is 105 Å². The fourth-order valence-corrected chi connectivity index (χ4v) is 8.69. The Morgan fingerprint density at radius 3 is 1.35 bits per heavy atom. The Balaban J connectivity index is 0.980.